The van der Waals surface area contributed by atoms with Gasteiger partial charge in [-0.3, -0.25) is 0 Å². The molecule has 116 valence electrons. The minimum atomic E-state index is -3.69. The van der Waals surface area contributed by atoms with Crippen molar-refractivity contribution in [3.8, 4) is 5.75 Å². The van der Waals surface area contributed by atoms with Crippen molar-refractivity contribution in [2.45, 2.75) is 36.7 Å². The maximum atomic E-state index is 12.2. The summed E-state index contributed by atoms with van der Waals surface area (Å²) in [5.41, 5.74) is 0. The topological polar surface area (TPSA) is 81.2 Å². The van der Waals surface area contributed by atoms with E-state index in [2.05, 4.69) is 14.7 Å². The summed E-state index contributed by atoms with van der Waals surface area (Å²) in [6.07, 6.45) is 7.71. The zero-order valence-electron chi connectivity index (χ0n) is 12.0. The number of aromatic nitrogens is 2. The summed E-state index contributed by atoms with van der Waals surface area (Å²) in [5, 5.41) is 0. The minimum absolute atomic E-state index is 0.0498. The van der Waals surface area contributed by atoms with Gasteiger partial charge in [0.05, 0.1) is 11.0 Å². The molecule has 0 aliphatic heterocycles. The van der Waals surface area contributed by atoms with Gasteiger partial charge in [0, 0.05) is 12.4 Å². The molecule has 1 aromatic carbocycles. The summed E-state index contributed by atoms with van der Waals surface area (Å²) in [6.45, 7) is 0. The molecule has 0 radical (unpaired) electrons. The van der Waals surface area contributed by atoms with Gasteiger partial charge in [0.25, 0.3) is 10.0 Å². The number of sulfonamides is 1. The van der Waals surface area contributed by atoms with Crippen LogP contribution < -0.4 is 9.46 Å². The van der Waals surface area contributed by atoms with E-state index in [4.69, 9.17) is 4.74 Å². The first-order valence-electron chi connectivity index (χ1n) is 7.20. The molecule has 6 nitrogen and oxygen atoms in total. The van der Waals surface area contributed by atoms with E-state index < -0.39 is 10.0 Å². The van der Waals surface area contributed by atoms with Crippen LogP contribution in [0.25, 0.3) is 0 Å². The van der Waals surface area contributed by atoms with Crippen LogP contribution in [0.1, 0.15) is 25.7 Å². The highest BCUT2D eigenvalue weighted by atomic mass is 32.2. The number of nitrogens with zero attached hydrogens (tertiary/aromatic N) is 2. The quantitative estimate of drug-likeness (QED) is 0.916. The summed E-state index contributed by atoms with van der Waals surface area (Å²) in [5.74, 6) is 0.746. The van der Waals surface area contributed by atoms with E-state index in [9.17, 15) is 8.42 Å². The van der Waals surface area contributed by atoms with Gasteiger partial charge < -0.3 is 4.74 Å². The molecule has 7 heteroatoms. The van der Waals surface area contributed by atoms with Gasteiger partial charge in [0.15, 0.2) is 0 Å². The summed E-state index contributed by atoms with van der Waals surface area (Å²) in [7, 11) is -3.69. The first kappa shape index (κ1) is 14.8. The van der Waals surface area contributed by atoms with E-state index >= 15 is 0 Å². The summed E-state index contributed by atoms with van der Waals surface area (Å²) in [6, 6.07) is 8.02. The molecule has 0 saturated heterocycles. The number of hydrogen-bond donors (Lipinski definition) is 1. The Kier molecular flexibility index (Phi) is 4.24. The van der Waals surface area contributed by atoms with Crippen LogP contribution in [0.5, 0.6) is 5.75 Å². The highest BCUT2D eigenvalue weighted by molar-refractivity contribution is 7.92. The standard InChI is InChI=1S/C15H17N3O3S/c19-22(20,18-15-16-10-3-11-17-15)14-8-6-13(7-9-14)21-12-4-1-2-5-12/h3,6-12H,1-2,4-5H2,(H,16,17,18). The van der Waals surface area contributed by atoms with Crippen LogP contribution in [-0.2, 0) is 10.0 Å². The molecule has 0 bridgehead atoms. The molecule has 0 spiro atoms. The molecule has 1 fully saturated rings. The van der Waals surface area contributed by atoms with Crippen LogP contribution in [0, 0.1) is 0 Å². The van der Waals surface area contributed by atoms with E-state index in [1.165, 1.54) is 37.4 Å². The summed E-state index contributed by atoms with van der Waals surface area (Å²) >= 11 is 0. The van der Waals surface area contributed by atoms with Crippen molar-refractivity contribution in [3.05, 3.63) is 42.7 Å². The van der Waals surface area contributed by atoms with Crippen molar-refractivity contribution in [2.75, 3.05) is 4.72 Å². The molecule has 1 N–H and O–H groups in total. The van der Waals surface area contributed by atoms with Crippen molar-refractivity contribution >= 4 is 16.0 Å². The average molecular weight is 319 g/mol. The highest BCUT2D eigenvalue weighted by Crippen LogP contribution is 2.25. The average Bonchev–Trinajstić information content (AvgIpc) is 3.01. The monoisotopic (exact) mass is 319 g/mol. The van der Waals surface area contributed by atoms with Gasteiger partial charge in [-0.15, -0.1) is 0 Å². The van der Waals surface area contributed by atoms with Crippen molar-refractivity contribution in [2.24, 2.45) is 0 Å². The van der Waals surface area contributed by atoms with Crippen LogP contribution >= 0.6 is 0 Å². The minimum Gasteiger partial charge on any atom is -0.490 e. The van der Waals surface area contributed by atoms with E-state index in [1.54, 1.807) is 18.2 Å². The molecular formula is C15H17N3O3S. The van der Waals surface area contributed by atoms with E-state index in [1.807, 2.05) is 0 Å². The third-order valence-corrected chi connectivity index (χ3v) is 4.87. The van der Waals surface area contributed by atoms with Crippen LogP contribution in [-0.4, -0.2) is 24.5 Å². The Morgan fingerprint density at radius 3 is 2.32 bits per heavy atom. The second-order valence-corrected chi connectivity index (χ2v) is 6.86. The number of rotatable bonds is 5. The maximum absolute atomic E-state index is 12.2. The summed E-state index contributed by atoms with van der Waals surface area (Å²) < 4.78 is 32.6. The normalized spacial score (nSPS) is 15.6. The Labute approximate surface area is 129 Å². The molecule has 1 heterocycles. The molecule has 1 aliphatic rings. The van der Waals surface area contributed by atoms with Gasteiger partial charge in [-0.2, -0.15) is 0 Å². The second-order valence-electron chi connectivity index (χ2n) is 5.17. The molecule has 0 amide bonds. The van der Waals surface area contributed by atoms with Crippen molar-refractivity contribution in [3.63, 3.8) is 0 Å². The van der Waals surface area contributed by atoms with Gasteiger partial charge >= 0.3 is 0 Å². The molecule has 0 atom stereocenters. The maximum Gasteiger partial charge on any atom is 0.264 e. The fourth-order valence-electron chi connectivity index (χ4n) is 2.43. The Balaban J connectivity index is 1.71. The molecule has 3 rings (SSSR count). The molecule has 1 aliphatic carbocycles. The van der Waals surface area contributed by atoms with E-state index in [0.29, 0.717) is 5.75 Å². The van der Waals surface area contributed by atoms with Gasteiger partial charge in [0.1, 0.15) is 5.75 Å². The van der Waals surface area contributed by atoms with Crippen molar-refractivity contribution in [1.29, 1.82) is 0 Å². The van der Waals surface area contributed by atoms with Gasteiger partial charge in [0.2, 0.25) is 5.95 Å². The lowest BCUT2D eigenvalue weighted by Gasteiger charge is -2.13. The van der Waals surface area contributed by atoms with Gasteiger partial charge in [-0.1, -0.05) is 0 Å². The van der Waals surface area contributed by atoms with Crippen molar-refractivity contribution in [1.82, 2.24) is 9.97 Å². The largest absolute Gasteiger partial charge is 0.490 e. The number of anilines is 1. The molecule has 0 unspecified atom stereocenters. The number of hydrogen-bond acceptors (Lipinski definition) is 5. The molecule has 22 heavy (non-hydrogen) atoms. The van der Waals surface area contributed by atoms with E-state index in [0.717, 1.165) is 12.8 Å². The smallest absolute Gasteiger partial charge is 0.264 e. The van der Waals surface area contributed by atoms with Gasteiger partial charge in [-0.25, -0.2) is 23.1 Å². The Morgan fingerprint density at radius 2 is 1.68 bits per heavy atom. The molecule has 1 aromatic heterocycles. The fraction of sp³-hybridized carbons (Fsp3) is 0.333. The zero-order valence-corrected chi connectivity index (χ0v) is 12.8. The number of ether oxygens (including phenoxy) is 1. The molecular weight excluding hydrogens is 302 g/mol. The fourth-order valence-corrected chi connectivity index (χ4v) is 3.38. The van der Waals surface area contributed by atoms with Crippen LogP contribution in [0.3, 0.4) is 0 Å². The number of benzene rings is 1. The third-order valence-electron chi connectivity index (χ3n) is 3.53. The first-order valence-corrected chi connectivity index (χ1v) is 8.68. The Morgan fingerprint density at radius 1 is 1.05 bits per heavy atom. The summed E-state index contributed by atoms with van der Waals surface area (Å²) in [4.78, 5) is 7.85. The lowest BCUT2D eigenvalue weighted by atomic mass is 10.3. The highest BCUT2D eigenvalue weighted by Gasteiger charge is 2.18. The predicted octanol–water partition coefficient (Wildman–Crippen LogP) is 2.60. The Bertz CT molecular complexity index is 711. The molecule has 1 saturated carbocycles. The second kappa shape index (κ2) is 6.31. The SMILES string of the molecule is O=S(=O)(Nc1ncccn1)c1ccc(OC2CCCC2)cc1. The third kappa shape index (κ3) is 3.54. The van der Waals surface area contributed by atoms with Crippen LogP contribution in [0.4, 0.5) is 5.95 Å². The van der Waals surface area contributed by atoms with Crippen LogP contribution in [0.15, 0.2) is 47.6 Å². The van der Waals surface area contributed by atoms with Crippen molar-refractivity contribution < 1.29 is 13.2 Å². The van der Waals surface area contributed by atoms with Gasteiger partial charge in [-0.05, 0) is 56.0 Å². The Hall–Kier alpha value is -2.15. The lowest BCUT2D eigenvalue weighted by molar-refractivity contribution is 0.210. The number of nitrogens with one attached hydrogen (secondary N) is 1. The van der Waals surface area contributed by atoms with E-state index in [-0.39, 0.29) is 16.9 Å². The predicted molar refractivity (Wildman–Crippen MR) is 82.2 cm³/mol. The zero-order chi connectivity index (χ0) is 15.4. The lowest BCUT2D eigenvalue weighted by Crippen LogP contribution is -2.15. The molecule has 2 aromatic rings. The van der Waals surface area contributed by atoms with Crippen LogP contribution in [0.2, 0.25) is 0 Å². The first-order chi connectivity index (χ1) is 10.6.